The first-order valence-corrected chi connectivity index (χ1v) is 7.89. The van der Waals surface area contributed by atoms with Crippen LogP contribution < -0.4 is 10.6 Å². The molecule has 3 nitrogen and oxygen atoms in total. The van der Waals surface area contributed by atoms with Gasteiger partial charge in [-0.2, -0.15) is 0 Å². The number of hydrogen-bond donors (Lipinski definition) is 1. The molecule has 108 valence electrons. The lowest BCUT2D eigenvalue weighted by molar-refractivity contribution is 0.0985. The molecule has 2 aromatic rings. The zero-order chi connectivity index (χ0) is 15.0. The smallest absolute Gasteiger partial charge is 0.258 e. The van der Waals surface area contributed by atoms with Gasteiger partial charge in [-0.15, -0.1) is 0 Å². The van der Waals surface area contributed by atoms with Crippen LogP contribution in [0.4, 0.5) is 11.4 Å². The van der Waals surface area contributed by atoms with E-state index in [0.717, 1.165) is 34.3 Å². The van der Waals surface area contributed by atoms with Crippen molar-refractivity contribution in [3.8, 4) is 0 Å². The second kappa shape index (κ2) is 5.70. The van der Waals surface area contributed by atoms with E-state index in [1.807, 2.05) is 18.2 Å². The number of hydrogen-bond acceptors (Lipinski definition) is 2. The lowest BCUT2D eigenvalue weighted by Crippen LogP contribution is -2.35. The Morgan fingerprint density at radius 3 is 2.86 bits per heavy atom. The maximum Gasteiger partial charge on any atom is 0.258 e. The van der Waals surface area contributed by atoms with Crippen molar-refractivity contribution >= 4 is 44.8 Å². The maximum absolute atomic E-state index is 12.8. The highest BCUT2D eigenvalue weighted by molar-refractivity contribution is 9.10. The minimum absolute atomic E-state index is 0.0288. The average molecular weight is 366 g/mol. The Labute approximate surface area is 136 Å². The van der Waals surface area contributed by atoms with Gasteiger partial charge in [-0.3, -0.25) is 4.79 Å². The third-order valence-electron chi connectivity index (χ3n) is 3.70. The molecule has 1 heterocycles. The van der Waals surface area contributed by atoms with Gasteiger partial charge >= 0.3 is 0 Å². The summed E-state index contributed by atoms with van der Waals surface area (Å²) in [5, 5.41) is 0.592. The van der Waals surface area contributed by atoms with Crippen LogP contribution in [0.25, 0.3) is 0 Å². The molecule has 1 aliphatic heterocycles. The van der Waals surface area contributed by atoms with Gasteiger partial charge in [0.25, 0.3) is 5.91 Å². The summed E-state index contributed by atoms with van der Waals surface area (Å²) in [4.78, 5) is 14.6. The van der Waals surface area contributed by atoms with Gasteiger partial charge in [0, 0.05) is 28.0 Å². The van der Waals surface area contributed by atoms with Crippen molar-refractivity contribution in [3.05, 3.63) is 57.0 Å². The average Bonchev–Trinajstić information content (AvgIpc) is 2.49. The van der Waals surface area contributed by atoms with Crippen LogP contribution in [0, 0.1) is 0 Å². The monoisotopic (exact) mass is 364 g/mol. The lowest BCUT2D eigenvalue weighted by Gasteiger charge is -2.30. The first-order valence-electron chi connectivity index (χ1n) is 6.72. The van der Waals surface area contributed by atoms with Gasteiger partial charge in [-0.25, -0.2) is 0 Å². The number of benzene rings is 2. The van der Waals surface area contributed by atoms with Crippen LogP contribution in [0.3, 0.4) is 0 Å². The number of halogens is 2. The lowest BCUT2D eigenvalue weighted by atomic mass is 9.99. The van der Waals surface area contributed by atoms with E-state index in [2.05, 4.69) is 15.9 Å². The molecule has 21 heavy (non-hydrogen) atoms. The van der Waals surface area contributed by atoms with Gasteiger partial charge < -0.3 is 10.6 Å². The molecule has 0 fully saturated rings. The standard InChI is InChI=1S/C16H14BrClN2O/c17-12-9-10(6-7-13(12)18)16(21)20-8-2-3-11-14(19)4-1-5-15(11)20/h1,4-7,9H,2-3,8,19H2. The number of carbonyl (C=O) groups excluding carboxylic acids is 1. The molecular weight excluding hydrogens is 352 g/mol. The summed E-state index contributed by atoms with van der Waals surface area (Å²) in [6.45, 7) is 0.704. The fourth-order valence-corrected chi connectivity index (χ4v) is 3.14. The van der Waals surface area contributed by atoms with Gasteiger partial charge in [0.1, 0.15) is 0 Å². The second-order valence-electron chi connectivity index (χ2n) is 5.03. The summed E-state index contributed by atoms with van der Waals surface area (Å²) in [5.74, 6) is -0.0288. The molecule has 0 aromatic heterocycles. The number of carbonyl (C=O) groups is 1. The molecule has 0 bridgehead atoms. The van der Waals surface area contributed by atoms with Gasteiger partial charge in [-0.05, 0) is 64.7 Å². The molecule has 0 atom stereocenters. The number of rotatable bonds is 1. The van der Waals surface area contributed by atoms with Crippen molar-refractivity contribution in [2.75, 3.05) is 17.2 Å². The molecule has 2 aromatic carbocycles. The molecule has 5 heteroatoms. The highest BCUT2D eigenvalue weighted by atomic mass is 79.9. The summed E-state index contributed by atoms with van der Waals surface area (Å²) >= 11 is 9.34. The molecule has 0 spiro atoms. The van der Waals surface area contributed by atoms with Crippen LogP contribution in [-0.2, 0) is 6.42 Å². The van der Waals surface area contributed by atoms with Crippen LogP contribution in [0.15, 0.2) is 40.9 Å². The predicted octanol–water partition coefficient (Wildman–Crippen LogP) is 4.28. The number of fused-ring (bicyclic) bond motifs is 1. The van der Waals surface area contributed by atoms with Crippen LogP contribution in [-0.4, -0.2) is 12.5 Å². The zero-order valence-corrected chi connectivity index (χ0v) is 13.6. The van der Waals surface area contributed by atoms with Crippen LogP contribution in [0.2, 0.25) is 5.02 Å². The topological polar surface area (TPSA) is 46.3 Å². The molecule has 0 radical (unpaired) electrons. The van der Waals surface area contributed by atoms with E-state index in [9.17, 15) is 4.79 Å². The Hall–Kier alpha value is -1.52. The van der Waals surface area contributed by atoms with E-state index in [1.165, 1.54) is 0 Å². The van der Waals surface area contributed by atoms with Gasteiger partial charge in [0.15, 0.2) is 0 Å². The largest absolute Gasteiger partial charge is 0.398 e. The fourth-order valence-electron chi connectivity index (χ4n) is 2.65. The Balaban J connectivity index is 2.00. The third-order valence-corrected chi connectivity index (χ3v) is 4.91. The fraction of sp³-hybridized carbons (Fsp3) is 0.188. The predicted molar refractivity (Wildman–Crippen MR) is 90.0 cm³/mol. The molecular formula is C16H14BrClN2O. The summed E-state index contributed by atoms with van der Waals surface area (Å²) in [6.07, 6.45) is 1.83. The zero-order valence-electron chi connectivity index (χ0n) is 11.3. The first-order chi connectivity index (χ1) is 10.1. The minimum atomic E-state index is -0.0288. The maximum atomic E-state index is 12.8. The van der Waals surface area contributed by atoms with Crippen molar-refractivity contribution in [1.82, 2.24) is 0 Å². The Bertz CT molecular complexity index is 717. The quantitative estimate of drug-likeness (QED) is 0.767. The molecule has 3 rings (SSSR count). The Kier molecular flexibility index (Phi) is 3.91. The van der Waals surface area contributed by atoms with Crippen LogP contribution in [0.1, 0.15) is 22.3 Å². The molecule has 0 saturated heterocycles. The summed E-state index contributed by atoms with van der Waals surface area (Å²) in [7, 11) is 0. The van der Waals surface area contributed by atoms with E-state index < -0.39 is 0 Å². The van der Waals surface area contributed by atoms with E-state index >= 15 is 0 Å². The van der Waals surface area contributed by atoms with Gasteiger partial charge in [0.2, 0.25) is 0 Å². The third kappa shape index (κ3) is 2.65. The molecule has 0 unspecified atom stereocenters. The normalized spacial score (nSPS) is 13.9. The number of nitrogens with two attached hydrogens (primary N) is 1. The van der Waals surface area contributed by atoms with E-state index in [1.54, 1.807) is 23.1 Å². The molecule has 2 N–H and O–H groups in total. The van der Waals surface area contributed by atoms with Crippen molar-refractivity contribution in [3.63, 3.8) is 0 Å². The molecule has 0 saturated carbocycles. The van der Waals surface area contributed by atoms with Gasteiger partial charge in [0.05, 0.1) is 5.02 Å². The molecule has 1 amide bonds. The van der Waals surface area contributed by atoms with Crippen LogP contribution in [0.5, 0.6) is 0 Å². The van der Waals surface area contributed by atoms with Gasteiger partial charge in [-0.1, -0.05) is 17.7 Å². The minimum Gasteiger partial charge on any atom is -0.398 e. The number of nitrogen functional groups attached to an aromatic ring is 1. The second-order valence-corrected chi connectivity index (χ2v) is 6.30. The summed E-state index contributed by atoms with van der Waals surface area (Å²) < 4.78 is 0.722. The van der Waals surface area contributed by atoms with Crippen molar-refractivity contribution < 1.29 is 4.79 Å². The van der Waals surface area contributed by atoms with Crippen LogP contribution >= 0.6 is 27.5 Å². The Morgan fingerprint density at radius 1 is 1.29 bits per heavy atom. The van der Waals surface area contributed by atoms with E-state index in [4.69, 9.17) is 17.3 Å². The van der Waals surface area contributed by atoms with E-state index in [0.29, 0.717) is 17.1 Å². The highest BCUT2D eigenvalue weighted by Crippen LogP contribution is 2.33. The molecule has 1 aliphatic rings. The SMILES string of the molecule is Nc1cccc2c1CCCN2C(=O)c1ccc(Cl)c(Br)c1. The molecule has 0 aliphatic carbocycles. The van der Waals surface area contributed by atoms with E-state index in [-0.39, 0.29) is 5.91 Å². The Morgan fingerprint density at radius 2 is 2.10 bits per heavy atom. The first kappa shape index (κ1) is 14.4. The summed E-state index contributed by atoms with van der Waals surface area (Å²) in [6, 6.07) is 10.9. The van der Waals surface area contributed by atoms with Crippen molar-refractivity contribution in [2.24, 2.45) is 0 Å². The number of nitrogens with zero attached hydrogens (tertiary/aromatic N) is 1. The van der Waals surface area contributed by atoms with Crippen molar-refractivity contribution in [1.29, 1.82) is 0 Å². The van der Waals surface area contributed by atoms with Crippen molar-refractivity contribution in [2.45, 2.75) is 12.8 Å². The number of amides is 1. The highest BCUT2D eigenvalue weighted by Gasteiger charge is 2.24. The summed E-state index contributed by atoms with van der Waals surface area (Å²) in [5.41, 5.74) is 9.36. The number of anilines is 2.